The van der Waals surface area contributed by atoms with Gasteiger partial charge in [-0.25, -0.2) is 0 Å². The Morgan fingerprint density at radius 3 is 1.07 bits per heavy atom. The largest absolute Gasteiger partial charge is 0.456 e. The summed E-state index contributed by atoms with van der Waals surface area (Å²) in [6.07, 6.45) is 0. The minimum atomic E-state index is -2.61. The molecular formula is C54H37NO2Si. The number of hydrogen-bond acceptors (Lipinski definition) is 3. The fourth-order valence-corrected chi connectivity index (χ4v) is 13.7. The minimum absolute atomic E-state index is 0.853. The molecule has 0 aliphatic carbocycles. The molecule has 0 aliphatic rings. The Morgan fingerprint density at radius 2 is 0.621 bits per heavy atom. The molecular weight excluding hydrogens is 723 g/mol. The molecule has 0 spiro atoms. The van der Waals surface area contributed by atoms with Crippen LogP contribution in [-0.2, 0) is 0 Å². The van der Waals surface area contributed by atoms with Gasteiger partial charge in [0.25, 0.3) is 0 Å². The van der Waals surface area contributed by atoms with Crippen LogP contribution in [0.25, 0.3) is 55.0 Å². The van der Waals surface area contributed by atoms with Gasteiger partial charge in [-0.15, -0.1) is 0 Å². The van der Waals surface area contributed by atoms with Crippen molar-refractivity contribution in [3.8, 4) is 11.1 Å². The molecule has 3 nitrogen and oxygen atoms in total. The highest BCUT2D eigenvalue weighted by atomic mass is 28.3. The second kappa shape index (κ2) is 14.0. The average molecular weight is 760 g/mol. The maximum atomic E-state index is 6.38. The quantitative estimate of drug-likeness (QED) is 0.114. The third kappa shape index (κ3) is 5.57. The first kappa shape index (κ1) is 33.9. The molecule has 2 aromatic heterocycles. The molecule has 0 bridgehead atoms. The molecule has 0 saturated carbocycles. The molecule has 58 heavy (non-hydrogen) atoms. The summed E-state index contributed by atoms with van der Waals surface area (Å²) < 4.78 is 12.8. The number of benzene rings is 9. The molecule has 0 atom stereocenters. The lowest BCUT2D eigenvalue weighted by atomic mass is 10.0. The molecule has 4 heteroatoms. The van der Waals surface area contributed by atoms with E-state index in [0.717, 1.165) is 66.5 Å². The van der Waals surface area contributed by atoms with E-state index in [-0.39, 0.29) is 0 Å². The Morgan fingerprint density at radius 1 is 0.276 bits per heavy atom. The third-order valence-electron chi connectivity index (χ3n) is 11.6. The summed E-state index contributed by atoms with van der Waals surface area (Å²) in [5, 5.41) is 9.89. The summed E-state index contributed by atoms with van der Waals surface area (Å²) in [7, 11) is -2.61. The van der Waals surface area contributed by atoms with Gasteiger partial charge in [-0.1, -0.05) is 164 Å². The van der Waals surface area contributed by atoms with E-state index >= 15 is 0 Å². The second-order valence-electron chi connectivity index (χ2n) is 14.9. The van der Waals surface area contributed by atoms with Crippen LogP contribution in [0.4, 0.5) is 17.1 Å². The van der Waals surface area contributed by atoms with Crippen LogP contribution in [0.5, 0.6) is 0 Å². The van der Waals surface area contributed by atoms with E-state index in [4.69, 9.17) is 8.83 Å². The van der Waals surface area contributed by atoms with Crippen molar-refractivity contribution in [2.75, 3.05) is 4.90 Å². The van der Waals surface area contributed by atoms with Crippen molar-refractivity contribution in [2.45, 2.75) is 0 Å². The lowest BCUT2D eigenvalue weighted by Gasteiger charge is -2.34. The lowest BCUT2D eigenvalue weighted by Crippen LogP contribution is -2.74. The predicted molar refractivity (Wildman–Crippen MR) is 245 cm³/mol. The van der Waals surface area contributed by atoms with Crippen molar-refractivity contribution < 1.29 is 8.83 Å². The van der Waals surface area contributed by atoms with E-state index in [1.54, 1.807) is 0 Å². The number of rotatable bonds is 8. The Hall–Kier alpha value is -7.40. The topological polar surface area (TPSA) is 29.5 Å². The SMILES string of the molecule is c1ccc([Si](c2ccccc2)(c2ccccc2)c2ccc(-c3ccc(N(c4ccc5c(c4)oc4ccccc45)c4ccc5c(c4)oc4ccccc45)cc3)cc2)cc1. The molecule has 11 aromatic rings. The first-order chi connectivity index (χ1) is 28.7. The fraction of sp³-hybridized carbons (Fsp3) is 0. The number of nitrogens with zero attached hydrogens (tertiary/aromatic N) is 1. The van der Waals surface area contributed by atoms with E-state index in [1.165, 1.54) is 26.3 Å². The molecule has 274 valence electrons. The van der Waals surface area contributed by atoms with Crippen LogP contribution >= 0.6 is 0 Å². The zero-order valence-corrected chi connectivity index (χ0v) is 32.6. The minimum Gasteiger partial charge on any atom is -0.456 e. The fourth-order valence-electron chi connectivity index (χ4n) is 8.93. The van der Waals surface area contributed by atoms with E-state index in [0.29, 0.717) is 0 Å². The van der Waals surface area contributed by atoms with Gasteiger partial charge in [0, 0.05) is 50.7 Å². The van der Waals surface area contributed by atoms with Crippen molar-refractivity contribution in [3.63, 3.8) is 0 Å². The third-order valence-corrected chi connectivity index (χ3v) is 16.4. The van der Waals surface area contributed by atoms with E-state index in [2.05, 4.69) is 205 Å². The zero-order chi connectivity index (χ0) is 38.5. The summed E-state index contributed by atoms with van der Waals surface area (Å²) in [5.41, 5.74) is 8.85. The summed E-state index contributed by atoms with van der Waals surface area (Å²) in [6, 6.07) is 80.9. The lowest BCUT2D eigenvalue weighted by molar-refractivity contribution is 0.669. The number of fused-ring (bicyclic) bond motifs is 6. The zero-order valence-electron chi connectivity index (χ0n) is 31.6. The van der Waals surface area contributed by atoms with Crippen LogP contribution in [0.15, 0.2) is 233 Å². The molecule has 11 rings (SSSR count). The normalized spacial score (nSPS) is 11.8. The highest BCUT2D eigenvalue weighted by Crippen LogP contribution is 2.41. The van der Waals surface area contributed by atoms with E-state index < -0.39 is 8.07 Å². The van der Waals surface area contributed by atoms with Crippen LogP contribution in [0.2, 0.25) is 0 Å². The van der Waals surface area contributed by atoms with E-state index in [1.807, 2.05) is 24.3 Å². The van der Waals surface area contributed by atoms with Gasteiger partial charge < -0.3 is 13.7 Å². The molecule has 0 radical (unpaired) electrons. The van der Waals surface area contributed by atoms with Gasteiger partial charge in [0.15, 0.2) is 8.07 Å². The highest BCUT2D eigenvalue weighted by Gasteiger charge is 2.41. The Kier molecular flexibility index (Phi) is 8.16. The molecule has 0 amide bonds. The molecule has 0 fully saturated rings. The predicted octanol–water partition coefficient (Wildman–Crippen LogP) is 12.0. The molecule has 0 N–H and O–H groups in total. The van der Waals surface area contributed by atoms with Gasteiger partial charge >= 0.3 is 0 Å². The van der Waals surface area contributed by atoms with Crippen molar-refractivity contribution >= 4 is 89.8 Å². The number of hydrogen-bond donors (Lipinski definition) is 0. The molecule has 2 heterocycles. The van der Waals surface area contributed by atoms with Gasteiger partial charge in [0.1, 0.15) is 22.3 Å². The molecule has 0 aliphatic heterocycles. The highest BCUT2D eigenvalue weighted by molar-refractivity contribution is 7.19. The Bertz CT molecular complexity index is 3000. The van der Waals surface area contributed by atoms with Gasteiger partial charge in [-0.05, 0) is 80.4 Å². The standard InChI is InChI=1S/C54H37NO2Si/c1-4-14-43(15-5-1)58(44-16-6-2-7-17-44,45-18-8-3-9-19-45)46-32-26-39(27-33-46)38-24-28-40(29-25-38)55(41-30-34-49-47-20-10-12-22-51(47)56-53(49)36-41)42-31-35-50-48-21-11-13-23-52(48)57-54(50)37-42/h1-37H. The number of furan rings is 2. The maximum Gasteiger partial charge on any atom is 0.179 e. The molecule has 0 saturated heterocycles. The number of anilines is 3. The van der Waals surface area contributed by atoms with Crippen LogP contribution in [-0.4, -0.2) is 8.07 Å². The van der Waals surface area contributed by atoms with Gasteiger partial charge in [0.05, 0.1) is 0 Å². The van der Waals surface area contributed by atoms with Gasteiger partial charge in [0.2, 0.25) is 0 Å². The van der Waals surface area contributed by atoms with Gasteiger partial charge in [-0.2, -0.15) is 0 Å². The average Bonchev–Trinajstić information content (AvgIpc) is 3.86. The Labute approximate surface area is 337 Å². The first-order valence-corrected chi connectivity index (χ1v) is 21.7. The summed E-state index contributed by atoms with van der Waals surface area (Å²) in [4.78, 5) is 2.28. The van der Waals surface area contributed by atoms with Crippen LogP contribution in [0, 0.1) is 0 Å². The smallest absolute Gasteiger partial charge is 0.179 e. The number of para-hydroxylation sites is 2. The van der Waals surface area contributed by atoms with Crippen molar-refractivity contribution in [1.82, 2.24) is 0 Å². The second-order valence-corrected chi connectivity index (χ2v) is 18.7. The molecule has 0 unspecified atom stereocenters. The summed E-state index contributed by atoms with van der Waals surface area (Å²) >= 11 is 0. The summed E-state index contributed by atoms with van der Waals surface area (Å²) in [6.45, 7) is 0. The Balaban J connectivity index is 1.01. The monoisotopic (exact) mass is 759 g/mol. The summed E-state index contributed by atoms with van der Waals surface area (Å²) in [5.74, 6) is 0. The maximum absolute atomic E-state index is 6.38. The van der Waals surface area contributed by atoms with Crippen molar-refractivity contribution in [2.24, 2.45) is 0 Å². The molecule has 9 aromatic carbocycles. The van der Waals surface area contributed by atoms with Crippen molar-refractivity contribution in [3.05, 3.63) is 224 Å². The van der Waals surface area contributed by atoms with Gasteiger partial charge in [-0.3, -0.25) is 0 Å². The van der Waals surface area contributed by atoms with Crippen LogP contribution in [0.3, 0.4) is 0 Å². The van der Waals surface area contributed by atoms with Crippen molar-refractivity contribution in [1.29, 1.82) is 0 Å². The first-order valence-electron chi connectivity index (χ1n) is 19.7. The van der Waals surface area contributed by atoms with Crippen LogP contribution in [0.1, 0.15) is 0 Å². The van der Waals surface area contributed by atoms with E-state index in [9.17, 15) is 0 Å². The van der Waals surface area contributed by atoms with Crippen LogP contribution < -0.4 is 25.6 Å².